The molecule has 0 bridgehead atoms. The van der Waals surface area contributed by atoms with Crippen molar-refractivity contribution in [1.29, 1.82) is 0 Å². The predicted molar refractivity (Wildman–Crippen MR) is 122 cm³/mol. The number of carbonyl (C=O) groups is 2. The van der Waals surface area contributed by atoms with Gasteiger partial charge in [-0.05, 0) is 55.5 Å². The summed E-state index contributed by atoms with van der Waals surface area (Å²) in [7, 11) is 0. The maximum absolute atomic E-state index is 12.6. The maximum atomic E-state index is 12.6. The van der Waals surface area contributed by atoms with Crippen LogP contribution in [0, 0.1) is 0 Å². The lowest BCUT2D eigenvalue weighted by Gasteiger charge is -2.32. The normalized spacial score (nSPS) is 15.5. The number of nitrogens with two attached hydrogens (primary N) is 1. The van der Waals surface area contributed by atoms with Gasteiger partial charge >= 0.3 is 6.03 Å². The van der Waals surface area contributed by atoms with Crippen LogP contribution in [-0.4, -0.2) is 36.0 Å². The summed E-state index contributed by atoms with van der Waals surface area (Å²) in [6.45, 7) is 3.09. The van der Waals surface area contributed by atoms with Gasteiger partial charge in [0.1, 0.15) is 0 Å². The Morgan fingerprint density at radius 3 is 2.23 bits per heavy atom. The molecule has 6 nitrogen and oxygen atoms in total. The van der Waals surface area contributed by atoms with Gasteiger partial charge in [-0.15, -0.1) is 0 Å². The van der Waals surface area contributed by atoms with Gasteiger partial charge in [0.25, 0.3) is 0 Å². The van der Waals surface area contributed by atoms with Crippen molar-refractivity contribution in [3.63, 3.8) is 0 Å². The molecule has 1 atom stereocenters. The van der Waals surface area contributed by atoms with E-state index in [2.05, 4.69) is 10.6 Å². The molecule has 2 aromatic rings. The first-order valence-corrected chi connectivity index (χ1v) is 10.7. The summed E-state index contributed by atoms with van der Waals surface area (Å²) in [6, 6.07) is 12.6. The molecule has 3 amide bonds. The van der Waals surface area contributed by atoms with Crippen LogP contribution in [0.4, 0.5) is 16.2 Å². The minimum Gasteiger partial charge on any atom is -0.327 e. The highest BCUT2D eigenvalue weighted by Gasteiger charge is 2.24. The number of hydrogen-bond donors (Lipinski definition) is 3. The van der Waals surface area contributed by atoms with Gasteiger partial charge in [0.15, 0.2) is 0 Å². The Morgan fingerprint density at radius 2 is 1.67 bits per heavy atom. The summed E-state index contributed by atoms with van der Waals surface area (Å²) in [4.78, 5) is 26.2. The van der Waals surface area contributed by atoms with Crippen LogP contribution in [0.3, 0.4) is 0 Å². The van der Waals surface area contributed by atoms with Crippen LogP contribution in [0.15, 0.2) is 42.5 Å². The lowest BCUT2D eigenvalue weighted by Crippen LogP contribution is -2.40. The summed E-state index contributed by atoms with van der Waals surface area (Å²) in [5, 5.41) is 6.50. The van der Waals surface area contributed by atoms with Crippen molar-refractivity contribution in [2.75, 3.05) is 23.7 Å². The van der Waals surface area contributed by atoms with E-state index >= 15 is 0 Å². The molecule has 0 aromatic heterocycles. The van der Waals surface area contributed by atoms with E-state index in [1.165, 1.54) is 5.56 Å². The van der Waals surface area contributed by atoms with Crippen LogP contribution >= 0.6 is 23.2 Å². The fourth-order valence-electron chi connectivity index (χ4n) is 3.56. The van der Waals surface area contributed by atoms with Gasteiger partial charge in [-0.3, -0.25) is 4.79 Å². The number of nitrogens with zero attached hydrogens (tertiary/aromatic N) is 1. The lowest BCUT2D eigenvalue weighted by molar-refractivity contribution is -0.116. The number of amides is 3. The lowest BCUT2D eigenvalue weighted by atomic mass is 9.89. The summed E-state index contributed by atoms with van der Waals surface area (Å²) < 4.78 is 0. The van der Waals surface area contributed by atoms with Gasteiger partial charge in [-0.25, -0.2) is 4.79 Å². The first-order valence-electron chi connectivity index (χ1n) is 9.99. The zero-order chi connectivity index (χ0) is 21.7. The van der Waals surface area contributed by atoms with E-state index in [1.807, 2.05) is 24.3 Å². The first kappa shape index (κ1) is 22.4. The zero-order valence-corrected chi connectivity index (χ0v) is 18.3. The number of carbonyl (C=O) groups excluding carboxylic acids is 2. The van der Waals surface area contributed by atoms with E-state index in [-0.39, 0.29) is 18.0 Å². The van der Waals surface area contributed by atoms with Crippen LogP contribution in [0.5, 0.6) is 0 Å². The van der Waals surface area contributed by atoms with Gasteiger partial charge in [-0.1, -0.05) is 41.4 Å². The molecule has 0 radical (unpaired) electrons. The number of likely N-dealkylation sites (tertiary alicyclic amines) is 1. The largest absolute Gasteiger partial charge is 0.327 e. The van der Waals surface area contributed by atoms with Crippen LogP contribution < -0.4 is 16.4 Å². The van der Waals surface area contributed by atoms with Gasteiger partial charge in [0.2, 0.25) is 5.91 Å². The average Bonchev–Trinajstić information content (AvgIpc) is 2.71. The number of piperidine rings is 1. The molecular formula is C22H26Cl2N4O2. The van der Waals surface area contributed by atoms with Crippen LogP contribution in [0.1, 0.15) is 37.7 Å². The smallest absolute Gasteiger partial charge is 0.321 e. The zero-order valence-electron chi connectivity index (χ0n) is 16.8. The average molecular weight is 449 g/mol. The Hall–Kier alpha value is -2.28. The van der Waals surface area contributed by atoms with E-state index < -0.39 is 0 Å². The highest BCUT2D eigenvalue weighted by Crippen LogP contribution is 2.32. The number of rotatable bonds is 5. The molecule has 2 aromatic carbocycles. The number of urea groups is 1. The fraction of sp³-hybridized carbons (Fsp3) is 0.364. The third kappa shape index (κ3) is 5.88. The molecule has 3 rings (SSSR count). The predicted octanol–water partition coefficient (Wildman–Crippen LogP) is 5.08. The molecule has 0 spiro atoms. The Bertz CT molecular complexity index is 874. The molecule has 1 unspecified atom stereocenters. The van der Waals surface area contributed by atoms with Crippen LogP contribution in [0.25, 0.3) is 0 Å². The third-order valence-corrected chi connectivity index (χ3v) is 5.78. The molecule has 1 fully saturated rings. The molecular weight excluding hydrogens is 423 g/mol. The van der Waals surface area contributed by atoms with Crippen molar-refractivity contribution in [1.82, 2.24) is 4.90 Å². The second-order valence-electron chi connectivity index (χ2n) is 7.64. The minimum atomic E-state index is -0.198. The van der Waals surface area contributed by atoms with Crippen molar-refractivity contribution >= 4 is 46.5 Å². The Labute approximate surface area is 186 Å². The van der Waals surface area contributed by atoms with Crippen molar-refractivity contribution in [3.05, 3.63) is 58.1 Å². The minimum absolute atomic E-state index is 0.0873. The molecule has 1 aliphatic heterocycles. The van der Waals surface area contributed by atoms with Gasteiger partial charge < -0.3 is 21.3 Å². The summed E-state index contributed by atoms with van der Waals surface area (Å²) in [6.07, 6.45) is 2.02. The molecule has 0 saturated carbocycles. The van der Waals surface area contributed by atoms with Gasteiger partial charge in [0, 0.05) is 31.2 Å². The highest BCUT2D eigenvalue weighted by molar-refractivity contribution is 6.39. The summed E-state index contributed by atoms with van der Waals surface area (Å²) >= 11 is 12.3. The van der Waals surface area contributed by atoms with Crippen LogP contribution in [0.2, 0.25) is 10.0 Å². The van der Waals surface area contributed by atoms with E-state index in [9.17, 15) is 9.59 Å². The molecule has 1 aliphatic rings. The van der Waals surface area contributed by atoms with E-state index in [0.29, 0.717) is 41.2 Å². The SMILES string of the molecule is CC(N)CC(=O)Nc1ccc(C2CCN(C(=O)Nc3c(Cl)cccc3Cl)CC2)cc1. The number of nitrogens with one attached hydrogen (secondary N) is 2. The van der Waals surface area contributed by atoms with Gasteiger partial charge in [0.05, 0.1) is 15.7 Å². The molecule has 30 heavy (non-hydrogen) atoms. The van der Waals surface area contributed by atoms with Crippen molar-refractivity contribution < 1.29 is 9.59 Å². The number of anilines is 2. The second-order valence-corrected chi connectivity index (χ2v) is 8.45. The van der Waals surface area contributed by atoms with Gasteiger partial charge in [-0.2, -0.15) is 0 Å². The quantitative estimate of drug-likeness (QED) is 0.595. The molecule has 4 N–H and O–H groups in total. The van der Waals surface area contributed by atoms with Crippen molar-refractivity contribution in [3.8, 4) is 0 Å². The standard InChI is InChI=1S/C22H26Cl2N4O2/c1-14(25)13-20(29)26-17-7-5-15(6-8-17)16-9-11-28(12-10-16)22(30)27-21-18(23)3-2-4-19(21)24/h2-8,14,16H,9-13,25H2,1H3,(H,26,29)(H,27,30). The highest BCUT2D eigenvalue weighted by atomic mass is 35.5. The Morgan fingerprint density at radius 1 is 1.07 bits per heavy atom. The van der Waals surface area contributed by atoms with E-state index in [4.69, 9.17) is 28.9 Å². The Kier molecular flexibility index (Phi) is 7.58. The molecule has 0 aliphatic carbocycles. The number of para-hydroxylation sites is 1. The Balaban J connectivity index is 1.52. The van der Waals surface area contributed by atoms with Crippen molar-refractivity contribution in [2.24, 2.45) is 5.73 Å². The topological polar surface area (TPSA) is 87.5 Å². The molecule has 160 valence electrons. The second kappa shape index (κ2) is 10.2. The third-order valence-electron chi connectivity index (χ3n) is 5.15. The maximum Gasteiger partial charge on any atom is 0.321 e. The number of hydrogen-bond acceptors (Lipinski definition) is 3. The van der Waals surface area contributed by atoms with Crippen LogP contribution in [-0.2, 0) is 4.79 Å². The number of benzene rings is 2. The summed E-state index contributed by atoms with van der Waals surface area (Å²) in [5.74, 6) is 0.280. The van der Waals surface area contributed by atoms with Crippen molar-refractivity contribution in [2.45, 2.75) is 38.1 Å². The molecule has 1 heterocycles. The summed E-state index contributed by atoms with van der Waals surface area (Å²) in [5.41, 5.74) is 8.06. The monoisotopic (exact) mass is 448 g/mol. The van der Waals surface area contributed by atoms with E-state index in [0.717, 1.165) is 18.5 Å². The molecule has 8 heteroatoms. The number of halogens is 2. The molecule has 1 saturated heterocycles. The first-order chi connectivity index (χ1) is 14.3. The van der Waals surface area contributed by atoms with E-state index in [1.54, 1.807) is 30.0 Å². The fourth-order valence-corrected chi connectivity index (χ4v) is 4.05.